The maximum Gasteiger partial charge on any atom is 0.222 e. The lowest BCUT2D eigenvalue weighted by Crippen LogP contribution is -2.48. The molecule has 2 aromatic rings. The Morgan fingerprint density at radius 2 is 1.83 bits per heavy atom. The second-order valence-electron chi connectivity index (χ2n) is 8.11. The Kier molecular flexibility index (Phi) is 6.98. The van der Waals surface area contributed by atoms with Gasteiger partial charge < -0.3 is 14.8 Å². The first-order chi connectivity index (χ1) is 14.3. The number of rotatable bonds is 7. The first-order valence-electron chi connectivity index (χ1n) is 10.4. The third-order valence-electron chi connectivity index (χ3n) is 5.72. The number of ether oxygens (including phenoxy) is 2. The maximum absolute atomic E-state index is 14.4. The molecule has 0 bridgehead atoms. The van der Waals surface area contributed by atoms with E-state index in [-0.39, 0.29) is 29.7 Å². The van der Waals surface area contributed by atoms with Crippen molar-refractivity contribution in [1.29, 1.82) is 0 Å². The summed E-state index contributed by atoms with van der Waals surface area (Å²) in [6.07, 6.45) is 0.811. The van der Waals surface area contributed by atoms with Crippen LogP contribution in [0.15, 0.2) is 36.4 Å². The zero-order chi connectivity index (χ0) is 21.8. The molecular formula is C24H31FN2O3. The summed E-state index contributed by atoms with van der Waals surface area (Å²) in [5, 5.41) is 3.14. The number of carbonyl (C=O) groups is 1. The van der Waals surface area contributed by atoms with Crippen LogP contribution in [-0.2, 0) is 17.8 Å². The van der Waals surface area contributed by atoms with E-state index in [0.29, 0.717) is 23.6 Å². The third kappa shape index (κ3) is 4.59. The molecule has 1 N–H and O–H groups in total. The van der Waals surface area contributed by atoms with Crippen LogP contribution in [-0.4, -0.2) is 37.6 Å². The predicted molar refractivity (Wildman–Crippen MR) is 115 cm³/mol. The van der Waals surface area contributed by atoms with Gasteiger partial charge in [0.2, 0.25) is 5.91 Å². The minimum absolute atomic E-state index is 0.000872. The number of fused-ring (bicyclic) bond motifs is 1. The molecule has 0 aliphatic carbocycles. The normalized spacial score (nSPS) is 17.4. The molecule has 1 aliphatic rings. The Balaban J connectivity index is 2.01. The Morgan fingerprint density at radius 3 is 2.47 bits per heavy atom. The Hall–Kier alpha value is -2.60. The van der Waals surface area contributed by atoms with Crippen LogP contribution in [0.3, 0.4) is 0 Å². The second-order valence-corrected chi connectivity index (χ2v) is 8.11. The van der Waals surface area contributed by atoms with Gasteiger partial charge in [-0.15, -0.1) is 0 Å². The van der Waals surface area contributed by atoms with Crippen molar-refractivity contribution in [3.05, 3.63) is 58.9 Å². The zero-order valence-corrected chi connectivity index (χ0v) is 18.4. The lowest BCUT2D eigenvalue weighted by Gasteiger charge is -2.41. The van der Waals surface area contributed by atoms with Crippen molar-refractivity contribution >= 4 is 5.91 Å². The van der Waals surface area contributed by atoms with Crippen LogP contribution >= 0.6 is 0 Å². The fraction of sp³-hybridized carbons (Fsp3) is 0.458. The number of methoxy groups -OCH3 is 2. The van der Waals surface area contributed by atoms with E-state index in [0.717, 1.165) is 24.1 Å². The van der Waals surface area contributed by atoms with Crippen molar-refractivity contribution in [2.24, 2.45) is 5.92 Å². The van der Waals surface area contributed by atoms with Crippen molar-refractivity contribution in [3.8, 4) is 11.5 Å². The zero-order valence-electron chi connectivity index (χ0n) is 18.4. The molecule has 3 rings (SSSR count). The van der Waals surface area contributed by atoms with Gasteiger partial charge in [-0.25, -0.2) is 4.39 Å². The highest BCUT2D eigenvalue weighted by molar-refractivity contribution is 5.78. The summed E-state index contributed by atoms with van der Waals surface area (Å²) in [5.74, 6) is 1.02. The van der Waals surface area contributed by atoms with Crippen molar-refractivity contribution in [2.75, 3.05) is 20.8 Å². The van der Waals surface area contributed by atoms with E-state index in [4.69, 9.17) is 9.47 Å². The van der Waals surface area contributed by atoms with E-state index in [2.05, 4.69) is 10.2 Å². The number of nitrogens with zero attached hydrogens (tertiary/aromatic N) is 1. The molecule has 0 aromatic heterocycles. The molecule has 1 heterocycles. The largest absolute Gasteiger partial charge is 0.493 e. The van der Waals surface area contributed by atoms with Gasteiger partial charge in [0.05, 0.1) is 20.3 Å². The van der Waals surface area contributed by atoms with Gasteiger partial charge in [0, 0.05) is 30.6 Å². The van der Waals surface area contributed by atoms with Gasteiger partial charge in [-0.2, -0.15) is 0 Å². The Bertz CT molecular complexity index is 900. The average Bonchev–Trinajstić information content (AvgIpc) is 2.73. The van der Waals surface area contributed by atoms with Gasteiger partial charge in [0.25, 0.3) is 0 Å². The molecule has 0 fully saturated rings. The molecule has 0 spiro atoms. The first kappa shape index (κ1) is 22.1. The van der Waals surface area contributed by atoms with Crippen molar-refractivity contribution in [3.63, 3.8) is 0 Å². The van der Waals surface area contributed by atoms with E-state index in [1.165, 1.54) is 6.07 Å². The van der Waals surface area contributed by atoms with Crippen LogP contribution in [0.2, 0.25) is 0 Å². The lowest BCUT2D eigenvalue weighted by atomic mass is 9.87. The number of amides is 1. The van der Waals surface area contributed by atoms with E-state index in [1.54, 1.807) is 20.3 Å². The molecular weight excluding hydrogens is 383 g/mol. The fourth-order valence-electron chi connectivity index (χ4n) is 4.11. The standard InChI is InChI=1S/C24H31FN2O3/c1-15(2)24(28)26-16(3)23-19-13-22(30-5)21(29-4)12-17(19)10-11-27(23)14-18-8-6-7-9-20(18)25/h6-9,12-13,15-16,23H,10-11,14H2,1-5H3,(H,26,28)/t16-,23+/m0/s1. The molecule has 6 heteroatoms. The lowest BCUT2D eigenvalue weighted by molar-refractivity contribution is -0.125. The van der Waals surface area contributed by atoms with Gasteiger partial charge in [0.1, 0.15) is 5.82 Å². The summed E-state index contributed by atoms with van der Waals surface area (Å²) in [7, 11) is 3.24. The molecule has 2 atom stereocenters. The smallest absolute Gasteiger partial charge is 0.222 e. The highest BCUT2D eigenvalue weighted by atomic mass is 19.1. The molecule has 30 heavy (non-hydrogen) atoms. The van der Waals surface area contributed by atoms with Crippen LogP contribution in [0.25, 0.3) is 0 Å². The number of hydrogen-bond acceptors (Lipinski definition) is 4. The summed E-state index contributed by atoms with van der Waals surface area (Å²) < 4.78 is 25.4. The van der Waals surface area contributed by atoms with Crippen LogP contribution in [0.1, 0.15) is 43.5 Å². The molecule has 162 valence electrons. The van der Waals surface area contributed by atoms with Crippen molar-refractivity contribution in [2.45, 2.75) is 45.8 Å². The minimum atomic E-state index is -0.215. The maximum atomic E-state index is 14.4. The fourth-order valence-corrected chi connectivity index (χ4v) is 4.11. The molecule has 1 aliphatic heterocycles. The SMILES string of the molecule is COc1cc2c(cc1OC)[C@@H]([C@H](C)NC(=O)C(C)C)N(Cc1ccccc1F)CC2. The average molecular weight is 415 g/mol. The van der Waals surface area contributed by atoms with E-state index in [1.807, 2.05) is 45.0 Å². The number of nitrogens with one attached hydrogen (secondary N) is 1. The van der Waals surface area contributed by atoms with Gasteiger partial charge in [0.15, 0.2) is 11.5 Å². The molecule has 0 radical (unpaired) electrons. The minimum Gasteiger partial charge on any atom is -0.493 e. The van der Waals surface area contributed by atoms with Crippen molar-refractivity contribution < 1.29 is 18.7 Å². The number of benzene rings is 2. The van der Waals surface area contributed by atoms with Gasteiger partial charge in [-0.1, -0.05) is 32.0 Å². The second kappa shape index (κ2) is 9.47. The highest BCUT2D eigenvalue weighted by Gasteiger charge is 2.34. The summed E-state index contributed by atoms with van der Waals surface area (Å²) in [6.45, 7) is 6.98. The van der Waals surface area contributed by atoms with E-state index < -0.39 is 0 Å². The molecule has 0 saturated carbocycles. The first-order valence-corrected chi connectivity index (χ1v) is 10.4. The van der Waals surface area contributed by atoms with Gasteiger partial charge in [-0.3, -0.25) is 9.69 Å². The van der Waals surface area contributed by atoms with Gasteiger partial charge >= 0.3 is 0 Å². The molecule has 1 amide bonds. The highest BCUT2D eigenvalue weighted by Crippen LogP contribution is 2.40. The summed E-state index contributed by atoms with van der Waals surface area (Å²) >= 11 is 0. The third-order valence-corrected chi connectivity index (χ3v) is 5.72. The van der Waals surface area contributed by atoms with Crippen LogP contribution in [0.5, 0.6) is 11.5 Å². The Morgan fingerprint density at radius 1 is 1.17 bits per heavy atom. The molecule has 2 aromatic carbocycles. The summed E-state index contributed by atoms with van der Waals surface area (Å²) in [6, 6.07) is 10.6. The quantitative estimate of drug-likeness (QED) is 0.741. The molecule has 0 unspecified atom stereocenters. The topological polar surface area (TPSA) is 50.8 Å². The van der Waals surface area contributed by atoms with Crippen LogP contribution < -0.4 is 14.8 Å². The molecule has 0 saturated heterocycles. The monoisotopic (exact) mass is 414 g/mol. The van der Waals surface area contributed by atoms with E-state index in [9.17, 15) is 9.18 Å². The molecule has 5 nitrogen and oxygen atoms in total. The van der Waals surface area contributed by atoms with Crippen LogP contribution in [0.4, 0.5) is 4.39 Å². The number of halogens is 1. The number of carbonyl (C=O) groups excluding carboxylic acids is 1. The Labute approximate surface area is 178 Å². The van der Waals surface area contributed by atoms with Crippen molar-refractivity contribution in [1.82, 2.24) is 10.2 Å². The van der Waals surface area contributed by atoms with Crippen LogP contribution in [0, 0.1) is 11.7 Å². The summed E-state index contributed by atoms with van der Waals surface area (Å²) in [4.78, 5) is 14.7. The van der Waals surface area contributed by atoms with E-state index >= 15 is 0 Å². The van der Waals surface area contributed by atoms with Gasteiger partial charge in [-0.05, 0) is 42.7 Å². The predicted octanol–water partition coefficient (Wildman–Crippen LogP) is 4.10. The summed E-state index contributed by atoms with van der Waals surface area (Å²) in [5.41, 5.74) is 2.88. The number of hydrogen-bond donors (Lipinski definition) is 1.